The Morgan fingerprint density at radius 2 is 1.80 bits per heavy atom. The Hall–Kier alpha value is -3.80. The maximum atomic E-state index is 13.6. The van der Waals surface area contributed by atoms with Crippen molar-refractivity contribution in [2.45, 2.75) is 70.3 Å². The van der Waals surface area contributed by atoms with Gasteiger partial charge < -0.3 is 30.4 Å². The van der Waals surface area contributed by atoms with E-state index in [9.17, 15) is 14.7 Å². The summed E-state index contributed by atoms with van der Waals surface area (Å²) in [4.78, 5) is 47.0. The van der Waals surface area contributed by atoms with E-state index in [0.717, 1.165) is 68.9 Å². The molecule has 1 saturated heterocycles. The van der Waals surface area contributed by atoms with Gasteiger partial charge >= 0.3 is 0 Å². The molecule has 1 saturated carbocycles. The van der Waals surface area contributed by atoms with E-state index in [1.54, 1.807) is 24.1 Å². The van der Waals surface area contributed by atoms with Crippen LogP contribution in [0.15, 0.2) is 42.6 Å². The van der Waals surface area contributed by atoms with Crippen LogP contribution in [0.4, 0.5) is 11.8 Å². The molecule has 45 heavy (non-hydrogen) atoms. The van der Waals surface area contributed by atoms with Gasteiger partial charge in [-0.1, -0.05) is 29.8 Å². The lowest BCUT2D eigenvalue weighted by Gasteiger charge is -2.33. The van der Waals surface area contributed by atoms with Crippen LogP contribution in [0.2, 0.25) is 5.02 Å². The number of aromatic nitrogens is 3. The predicted octanol–water partition coefficient (Wildman–Crippen LogP) is 3.88. The second-order valence-electron chi connectivity index (χ2n) is 12.5. The minimum atomic E-state index is -0.677. The summed E-state index contributed by atoms with van der Waals surface area (Å²) in [6, 6.07) is 10.7. The van der Waals surface area contributed by atoms with Crippen LogP contribution in [0, 0.1) is 0 Å². The van der Waals surface area contributed by atoms with Gasteiger partial charge in [-0.2, -0.15) is 0 Å². The van der Waals surface area contributed by atoms with E-state index in [-0.39, 0.29) is 30.0 Å². The van der Waals surface area contributed by atoms with Crippen LogP contribution < -0.4 is 15.5 Å². The Kier molecular flexibility index (Phi) is 9.21. The molecule has 3 aromatic rings. The molecular formula is C33H41ClN8O3. The van der Waals surface area contributed by atoms with Crippen molar-refractivity contribution < 1.29 is 14.7 Å². The van der Waals surface area contributed by atoms with E-state index in [0.29, 0.717) is 34.3 Å². The van der Waals surface area contributed by atoms with Gasteiger partial charge in [-0.25, -0.2) is 15.0 Å². The number of aliphatic hydroxyl groups excluding tert-OH is 1. The molecule has 0 radical (unpaired) electrons. The van der Waals surface area contributed by atoms with E-state index in [1.807, 2.05) is 37.3 Å². The average Bonchev–Trinajstić information content (AvgIpc) is 3.38. The molecule has 2 aromatic heterocycles. The number of carbonyl (C=O) groups excluding carboxylic acids is 2. The molecule has 0 bridgehead atoms. The number of carbonyl (C=O) groups is 2. The summed E-state index contributed by atoms with van der Waals surface area (Å²) in [5, 5.41) is 16.6. The molecule has 238 valence electrons. The van der Waals surface area contributed by atoms with Crippen molar-refractivity contribution in [3.63, 3.8) is 0 Å². The standard InChI is InChI=1S/C33H41ClN8O3/c1-20(28-5-4-6-29(38-28)41-15-13-40(3)14-16-41)36-31(44)21(2)42-19-23-8-7-22(17-26(23)32(42)45)30-27(34)18-35-33(39-30)37-24-9-11-25(43)12-10-24/h4-8,17-18,20-21,24-25,43H,9-16,19H2,1-3H3,(H,36,44)(H,35,37,39). The molecular weight excluding hydrogens is 592 g/mol. The van der Waals surface area contributed by atoms with Gasteiger partial charge in [0.2, 0.25) is 11.9 Å². The van der Waals surface area contributed by atoms with Crippen molar-refractivity contribution >= 4 is 35.2 Å². The molecule has 2 aliphatic heterocycles. The number of fused-ring (bicyclic) bond motifs is 1. The van der Waals surface area contributed by atoms with Gasteiger partial charge in [0.25, 0.3) is 5.91 Å². The number of nitrogens with zero attached hydrogens (tertiary/aromatic N) is 6. The zero-order valence-electron chi connectivity index (χ0n) is 26.0. The molecule has 1 aromatic carbocycles. The first-order valence-electron chi connectivity index (χ1n) is 15.8. The van der Waals surface area contributed by atoms with E-state index in [4.69, 9.17) is 16.6 Å². The summed E-state index contributed by atoms with van der Waals surface area (Å²) in [5.74, 6) is 0.936. The Balaban J connectivity index is 1.11. The third-order valence-corrected chi connectivity index (χ3v) is 9.50. The topological polar surface area (TPSA) is 127 Å². The van der Waals surface area contributed by atoms with Crippen LogP contribution in [-0.4, -0.2) is 93.1 Å². The van der Waals surface area contributed by atoms with Gasteiger partial charge in [0.05, 0.1) is 34.8 Å². The number of benzene rings is 1. The molecule has 1 aliphatic carbocycles. The summed E-state index contributed by atoms with van der Waals surface area (Å²) in [7, 11) is 2.12. The van der Waals surface area contributed by atoms with Crippen LogP contribution >= 0.6 is 11.6 Å². The normalized spacial score (nSPS) is 21.8. The van der Waals surface area contributed by atoms with Crippen molar-refractivity contribution in [2.75, 3.05) is 43.4 Å². The predicted molar refractivity (Wildman–Crippen MR) is 174 cm³/mol. The second kappa shape index (κ2) is 13.3. The molecule has 3 N–H and O–H groups in total. The lowest BCUT2D eigenvalue weighted by Crippen LogP contribution is -2.46. The van der Waals surface area contributed by atoms with Gasteiger partial charge in [-0.3, -0.25) is 9.59 Å². The van der Waals surface area contributed by atoms with Crippen molar-refractivity contribution in [3.05, 3.63) is 64.4 Å². The number of piperazine rings is 1. The third kappa shape index (κ3) is 6.90. The number of nitrogens with one attached hydrogen (secondary N) is 2. The van der Waals surface area contributed by atoms with Crippen LogP contribution in [0.25, 0.3) is 11.3 Å². The van der Waals surface area contributed by atoms with Gasteiger partial charge in [0.15, 0.2) is 0 Å². The Morgan fingerprint density at radius 1 is 1.04 bits per heavy atom. The minimum Gasteiger partial charge on any atom is -0.393 e. The molecule has 2 unspecified atom stereocenters. The van der Waals surface area contributed by atoms with Gasteiger partial charge in [0.1, 0.15) is 11.9 Å². The fraction of sp³-hybridized carbons (Fsp3) is 0.485. The summed E-state index contributed by atoms with van der Waals surface area (Å²) in [6.45, 7) is 7.81. The second-order valence-corrected chi connectivity index (χ2v) is 12.9. The van der Waals surface area contributed by atoms with E-state index in [1.165, 1.54) is 0 Å². The smallest absolute Gasteiger partial charge is 0.255 e. The molecule has 4 heterocycles. The first-order chi connectivity index (χ1) is 21.7. The van der Waals surface area contributed by atoms with Crippen molar-refractivity contribution in [2.24, 2.45) is 0 Å². The molecule has 12 heteroatoms. The largest absolute Gasteiger partial charge is 0.393 e. The zero-order chi connectivity index (χ0) is 31.7. The zero-order valence-corrected chi connectivity index (χ0v) is 26.8. The quantitative estimate of drug-likeness (QED) is 0.339. The number of halogens is 1. The van der Waals surface area contributed by atoms with Crippen LogP contribution in [-0.2, 0) is 11.3 Å². The van der Waals surface area contributed by atoms with Crippen LogP contribution in [0.1, 0.15) is 67.2 Å². The van der Waals surface area contributed by atoms with Crippen LogP contribution in [0.5, 0.6) is 0 Å². The highest BCUT2D eigenvalue weighted by Gasteiger charge is 2.35. The first-order valence-corrected chi connectivity index (χ1v) is 16.2. The highest BCUT2D eigenvalue weighted by atomic mass is 35.5. The van der Waals surface area contributed by atoms with Crippen molar-refractivity contribution in [1.29, 1.82) is 0 Å². The number of likely N-dealkylation sites (N-methyl/N-ethyl adjacent to an activating group) is 1. The number of hydrogen-bond acceptors (Lipinski definition) is 9. The van der Waals surface area contributed by atoms with Gasteiger partial charge in [-0.05, 0) is 70.3 Å². The first kappa shape index (κ1) is 31.2. The van der Waals surface area contributed by atoms with Crippen LogP contribution in [0.3, 0.4) is 0 Å². The summed E-state index contributed by atoms with van der Waals surface area (Å²) in [5.41, 5.74) is 3.40. The number of aliphatic hydroxyl groups is 1. The molecule has 2 atom stereocenters. The molecule has 2 amide bonds. The fourth-order valence-corrected chi connectivity index (χ4v) is 6.47. The van der Waals surface area contributed by atoms with E-state index in [2.05, 4.69) is 37.4 Å². The van der Waals surface area contributed by atoms with Crippen molar-refractivity contribution in [1.82, 2.24) is 30.1 Å². The number of anilines is 2. The maximum absolute atomic E-state index is 13.6. The number of pyridine rings is 1. The molecule has 2 fully saturated rings. The van der Waals surface area contributed by atoms with E-state index >= 15 is 0 Å². The fourth-order valence-electron chi connectivity index (χ4n) is 6.27. The molecule has 11 nitrogen and oxygen atoms in total. The number of amides is 2. The molecule has 6 rings (SSSR count). The highest BCUT2D eigenvalue weighted by molar-refractivity contribution is 6.33. The number of rotatable bonds is 8. The van der Waals surface area contributed by atoms with Gasteiger partial charge in [-0.15, -0.1) is 0 Å². The van der Waals surface area contributed by atoms with E-state index < -0.39 is 6.04 Å². The Bertz CT molecular complexity index is 1550. The third-order valence-electron chi connectivity index (χ3n) is 9.22. The van der Waals surface area contributed by atoms with Crippen molar-refractivity contribution in [3.8, 4) is 11.3 Å². The lowest BCUT2D eigenvalue weighted by molar-refractivity contribution is -0.125. The minimum absolute atomic E-state index is 0.185. The monoisotopic (exact) mass is 632 g/mol. The Labute approximate surface area is 269 Å². The Morgan fingerprint density at radius 3 is 2.56 bits per heavy atom. The molecule has 0 spiro atoms. The summed E-state index contributed by atoms with van der Waals surface area (Å²) in [6.07, 6.45) is 4.50. The summed E-state index contributed by atoms with van der Waals surface area (Å²) < 4.78 is 0. The SMILES string of the molecule is CC(NC(=O)C(C)N1Cc2ccc(-c3nc(NC4CCC(O)CC4)ncc3Cl)cc2C1=O)c1cccc(N2CCN(C)CC2)n1. The highest BCUT2D eigenvalue weighted by Crippen LogP contribution is 2.33. The molecule has 3 aliphatic rings. The lowest BCUT2D eigenvalue weighted by atomic mass is 9.93. The average molecular weight is 633 g/mol. The number of hydrogen-bond donors (Lipinski definition) is 3. The summed E-state index contributed by atoms with van der Waals surface area (Å²) >= 11 is 6.52. The maximum Gasteiger partial charge on any atom is 0.255 e. The van der Waals surface area contributed by atoms with Gasteiger partial charge in [0, 0.05) is 49.9 Å².